The fraction of sp³-hybridized carbons (Fsp3) is 0.395. The lowest BCUT2D eigenvalue weighted by molar-refractivity contribution is -0.192. The first-order valence-electron chi connectivity index (χ1n) is 17.3. The van der Waals surface area contributed by atoms with Crippen LogP contribution in [0.5, 0.6) is 0 Å². The number of carbonyl (C=O) groups is 5. The highest BCUT2D eigenvalue weighted by Crippen LogP contribution is 2.13. The molecule has 15 heteroatoms. The van der Waals surface area contributed by atoms with Crippen molar-refractivity contribution in [2.24, 2.45) is 5.73 Å². The summed E-state index contributed by atoms with van der Waals surface area (Å²) in [6.45, 7) is 1.08. The van der Waals surface area contributed by atoms with E-state index in [-0.39, 0.29) is 38.4 Å². The zero-order chi connectivity index (χ0) is 38.9. The average Bonchev–Trinajstić information content (AvgIpc) is 3.14. The summed E-state index contributed by atoms with van der Waals surface area (Å²) >= 11 is 0. The number of carbonyl (C=O) groups excluding carboxylic acids is 4. The van der Waals surface area contributed by atoms with Gasteiger partial charge in [-0.05, 0) is 36.1 Å². The molecule has 3 rings (SSSR count). The van der Waals surface area contributed by atoms with Crippen molar-refractivity contribution < 1.29 is 47.0 Å². The number of halogens is 3. The third-order valence-electron chi connectivity index (χ3n) is 7.61. The summed E-state index contributed by atoms with van der Waals surface area (Å²) < 4.78 is 36.9. The number of alkyl halides is 3. The van der Waals surface area contributed by atoms with Crippen LogP contribution in [-0.4, -0.2) is 72.8 Å². The van der Waals surface area contributed by atoms with Crippen molar-refractivity contribution in [1.29, 1.82) is 0 Å². The highest BCUT2D eigenvalue weighted by molar-refractivity contribution is 5.92. The summed E-state index contributed by atoms with van der Waals surface area (Å²) in [6.07, 6.45) is -0.164. The van der Waals surface area contributed by atoms with E-state index in [1.54, 1.807) is 0 Å². The van der Waals surface area contributed by atoms with Crippen LogP contribution >= 0.6 is 0 Å². The van der Waals surface area contributed by atoms with Crippen molar-refractivity contribution in [3.8, 4) is 0 Å². The Hall–Kier alpha value is -5.44. The third kappa shape index (κ3) is 19.7. The van der Waals surface area contributed by atoms with Gasteiger partial charge in [0.1, 0.15) is 18.7 Å². The quantitative estimate of drug-likeness (QED) is 0.0918. The van der Waals surface area contributed by atoms with E-state index in [2.05, 4.69) is 21.3 Å². The van der Waals surface area contributed by atoms with E-state index >= 15 is 0 Å². The van der Waals surface area contributed by atoms with Gasteiger partial charge in [0, 0.05) is 32.4 Å². The SMILES string of the molecule is NCCCCCCCC(=O)N[C@@H](Cc1ccccc1)C(=O)N[C@@H](Cc1ccccc1)C(=O)NCCNC(=O)OCc1ccccc1.O=C(O)C(F)(F)F. The molecule has 3 aromatic rings. The second-order valence-corrected chi connectivity index (χ2v) is 11.9. The summed E-state index contributed by atoms with van der Waals surface area (Å²) in [7, 11) is 0. The van der Waals surface area contributed by atoms with Crippen molar-refractivity contribution in [1.82, 2.24) is 21.3 Å². The molecule has 4 amide bonds. The van der Waals surface area contributed by atoms with Gasteiger partial charge in [0.2, 0.25) is 17.7 Å². The molecule has 0 heterocycles. The molecule has 0 bridgehead atoms. The van der Waals surface area contributed by atoms with Gasteiger partial charge in [-0.15, -0.1) is 0 Å². The number of nitrogens with two attached hydrogens (primary N) is 1. The third-order valence-corrected chi connectivity index (χ3v) is 7.61. The number of alkyl carbamates (subject to hydrolysis) is 1. The Kier molecular flexibility index (Phi) is 20.4. The molecule has 0 aromatic heterocycles. The molecular weight excluding hydrogens is 695 g/mol. The highest BCUT2D eigenvalue weighted by atomic mass is 19.4. The van der Waals surface area contributed by atoms with Gasteiger partial charge in [0.05, 0.1) is 0 Å². The predicted molar refractivity (Wildman–Crippen MR) is 192 cm³/mol. The number of unbranched alkanes of at least 4 members (excludes halogenated alkanes) is 4. The molecule has 2 atom stereocenters. The Bertz CT molecular complexity index is 1530. The minimum Gasteiger partial charge on any atom is -0.475 e. The minimum absolute atomic E-state index is 0.135. The van der Waals surface area contributed by atoms with Crippen molar-refractivity contribution >= 4 is 29.8 Å². The van der Waals surface area contributed by atoms with Crippen molar-refractivity contribution in [2.45, 2.75) is 76.2 Å². The first-order chi connectivity index (χ1) is 25.4. The number of aliphatic carboxylic acids is 1. The summed E-state index contributed by atoms with van der Waals surface area (Å²) in [5, 5.41) is 18.3. The van der Waals surface area contributed by atoms with Crippen LogP contribution in [-0.2, 0) is 43.4 Å². The highest BCUT2D eigenvalue weighted by Gasteiger charge is 2.38. The van der Waals surface area contributed by atoms with Crippen molar-refractivity contribution in [2.75, 3.05) is 19.6 Å². The van der Waals surface area contributed by atoms with Crippen LogP contribution in [0.25, 0.3) is 0 Å². The zero-order valence-corrected chi connectivity index (χ0v) is 29.4. The number of carboxylic acid groups (broad SMARTS) is 1. The van der Waals surface area contributed by atoms with Gasteiger partial charge in [-0.3, -0.25) is 14.4 Å². The van der Waals surface area contributed by atoms with Gasteiger partial charge < -0.3 is 36.8 Å². The van der Waals surface area contributed by atoms with Gasteiger partial charge in [0.25, 0.3) is 0 Å². The molecule has 3 aromatic carbocycles. The molecule has 0 fully saturated rings. The summed E-state index contributed by atoms with van der Waals surface area (Å²) in [6, 6.07) is 26.4. The fourth-order valence-corrected chi connectivity index (χ4v) is 4.86. The van der Waals surface area contributed by atoms with Gasteiger partial charge in [-0.25, -0.2) is 9.59 Å². The van der Waals surface area contributed by atoms with Gasteiger partial charge in [-0.1, -0.05) is 110 Å². The standard InChI is InChI=1S/C36H47N5O5.C2HF3O2/c37-22-14-3-1-2-13-21-33(42)40-32(26-29-17-9-5-10-18-29)35(44)41-31(25-28-15-7-4-8-16-28)34(43)38-23-24-39-36(45)46-27-30-19-11-6-12-20-30;3-2(4,5)1(6)7/h4-12,15-20,31-32H,1-3,13-14,21-27,37H2,(H,38,43)(H,39,45)(H,40,42)(H,41,44);(H,6,7)/t31-,32-;/m0./s1. The Labute approximate surface area is 307 Å². The molecule has 0 aliphatic rings. The van der Waals surface area contributed by atoms with Crippen LogP contribution in [0.1, 0.15) is 55.2 Å². The van der Waals surface area contributed by atoms with E-state index < -0.39 is 42.1 Å². The Morgan fingerprint density at radius 2 is 1.09 bits per heavy atom. The molecule has 0 radical (unpaired) electrons. The second kappa shape index (κ2) is 24.7. The molecule has 0 saturated heterocycles. The molecule has 53 heavy (non-hydrogen) atoms. The number of amides is 4. The molecule has 12 nitrogen and oxygen atoms in total. The molecule has 0 aliphatic carbocycles. The summed E-state index contributed by atoms with van der Waals surface area (Å²) in [4.78, 5) is 60.8. The van der Waals surface area contributed by atoms with E-state index in [1.165, 1.54) is 0 Å². The molecule has 0 aliphatic heterocycles. The van der Waals surface area contributed by atoms with Crippen LogP contribution in [0.2, 0.25) is 0 Å². The van der Waals surface area contributed by atoms with E-state index in [0.29, 0.717) is 13.0 Å². The number of nitrogens with one attached hydrogen (secondary N) is 4. The number of benzene rings is 3. The number of ether oxygens (including phenoxy) is 1. The topological polar surface area (TPSA) is 189 Å². The maximum absolute atomic E-state index is 13.7. The lowest BCUT2D eigenvalue weighted by Gasteiger charge is -2.24. The van der Waals surface area contributed by atoms with Crippen LogP contribution < -0.4 is 27.0 Å². The maximum atomic E-state index is 13.7. The van der Waals surface area contributed by atoms with Crippen LogP contribution in [0.3, 0.4) is 0 Å². The Morgan fingerprint density at radius 1 is 0.642 bits per heavy atom. The normalized spacial score (nSPS) is 11.8. The zero-order valence-electron chi connectivity index (χ0n) is 29.4. The first-order valence-corrected chi connectivity index (χ1v) is 17.3. The van der Waals surface area contributed by atoms with Crippen LogP contribution in [0.15, 0.2) is 91.0 Å². The Morgan fingerprint density at radius 3 is 1.60 bits per heavy atom. The van der Waals surface area contributed by atoms with Gasteiger partial charge in [-0.2, -0.15) is 13.2 Å². The fourth-order valence-electron chi connectivity index (χ4n) is 4.86. The van der Waals surface area contributed by atoms with E-state index in [4.69, 9.17) is 20.4 Å². The maximum Gasteiger partial charge on any atom is 0.490 e. The molecule has 0 spiro atoms. The first kappa shape index (κ1) is 43.7. The summed E-state index contributed by atoms with van der Waals surface area (Å²) in [5.74, 6) is -3.81. The number of carboxylic acids is 1. The van der Waals surface area contributed by atoms with Gasteiger partial charge >= 0.3 is 18.2 Å². The minimum atomic E-state index is -5.08. The number of hydrogen-bond acceptors (Lipinski definition) is 7. The molecule has 0 saturated carbocycles. The molecular formula is C38H48F3N5O7. The smallest absolute Gasteiger partial charge is 0.475 e. The monoisotopic (exact) mass is 743 g/mol. The molecule has 0 unspecified atom stereocenters. The van der Waals surface area contributed by atoms with Crippen molar-refractivity contribution in [3.05, 3.63) is 108 Å². The Balaban J connectivity index is 0.00000126. The molecule has 7 N–H and O–H groups in total. The largest absolute Gasteiger partial charge is 0.490 e. The number of rotatable bonds is 20. The van der Waals surface area contributed by atoms with Crippen LogP contribution in [0, 0.1) is 0 Å². The lowest BCUT2D eigenvalue weighted by atomic mass is 10.0. The van der Waals surface area contributed by atoms with Gasteiger partial charge in [0.15, 0.2) is 0 Å². The van der Waals surface area contributed by atoms with E-state index in [1.807, 2.05) is 91.0 Å². The second-order valence-electron chi connectivity index (χ2n) is 11.9. The number of hydrogen-bond donors (Lipinski definition) is 6. The molecule has 288 valence electrons. The summed E-state index contributed by atoms with van der Waals surface area (Å²) in [5.41, 5.74) is 8.17. The van der Waals surface area contributed by atoms with Crippen molar-refractivity contribution in [3.63, 3.8) is 0 Å². The van der Waals surface area contributed by atoms with E-state index in [0.717, 1.165) is 48.8 Å². The van der Waals surface area contributed by atoms with Crippen LogP contribution in [0.4, 0.5) is 18.0 Å². The average molecular weight is 744 g/mol. The predicted octanol–water partition coefficient (Wildman–Crippen LogP) is 4.42. The van der Waals surface area contributed by atoms with E-state index in [9.17, 15) is 32.3 Å². The lowest BCUT2D eigenvalue weighted by Crippen LogP contribution is -2.55.